The molecule has 0 aromatic rings. The van der Waals surface area contributed by atoms with Crippen molar-refractivity contribution in [1.29, 1.82) is 0 Å². The Morgan fingerprint density at radius 1 is 1.27 bits per heavy atom. The molecule has 2 aliphatic heterocycles. The number of hydrogen-bond donors (Lipinski definition) is 3. The van der Waals surface area contributed by atoms with Crippen LogP contribution in [0, 0.1) is 28.6 Å². The number of aliphatic hydroxyl groups excluding tert-OH is 3. The van der Waals surface area contributed by atoms with Gasteiger partial charge in [0.2, 0.25) is 0 Å². The van der Waals surface area contributed by atoms with Gasteiger partial charge in [-0.3, -0.25) is 4.79 Å². The molecule has 0 aromatic carbocycles. The topological polar surface area (TPSA) is 96.2 Å². The lowest BCUT2D eigenvalue weighted by Gasteiger charge is -2.66. The first kappa shape index (κ1) is 16.9. The van der Waals surface area contributed by atoms with Crippen molar-refractivity contribution in [2.45, 2.75) is 57.2 Å². The normalized spacial score (nSPS) is 57.8. The molecule has 2 saturated heterocycles. The summed E-state index contributed by atoms with van der Waals surface area (Å²) in [6, 6.07) is 0. The summed E-state index contributed by atoms with van der Waals surface area (Å²) in [5.41, 5.74) is 0.486. The highest BCUT2D eigenvalue weighted by atomic mass is 16.6. The highest BCUT2D eigenvalue weighted by Gasteiger charge is 2.76. The number of ether oxygens (including phenoxy) is 2. The molecule has 6 heteroatoms. The van der Waals surface area contributed by atoms with Gasteiger partial charge in [0.25, 0.3) is 0 Å². The van der Waals surface area contributed by atoms with Crippen LogP contribution in [0.25, 0.3) is 0 Å². The lowest BCUT2D eigenvalue weighted by Crippen LogP contribution is -2.71. The van der Waals surface area contributed by atoms with Gasteiger partial charge in [0.15, 0.2) is 0 Å². The van der Waals surface area contributed by atoms with Crippen molar-refractivity contribution in [2.75, 3.05) is 6.61 Å². The van der Waals surface area contributed by atoms with Gasteiger partial charge >= 0.3 is 5.97 Å². The summed E-state index contributed by atoms with van der Waals surface area (Å²) < 4.78 is 11.9. The van der Waals surface area contributed by atoms with E-state index in [2.05, 4.69) is 6.58 Å². The van der Waals surface area contributed by atoms with Gasteiger partial charge in [-0.15, -0.1) is 0 Å². The molecule has 10 unspecified atom stereocenters. The lowest BCUT2D eigenvalue weighted by molar-refractivity contribution is -0.238. The molecule has 5 aliphatic rings. The summed E-state index contributed by atoms with van der Waals surface area (Å²) >= 11 is 0. The van der Waals surface area contributed by atoms with E-state index in [1.54, 1.807) is 6.08 Å². The van der Waals surface area contributed by atoms with Crippen molar-refractivity contribution in [3.63, 3.8) is 0 Å². The minimum absolute atomic E-state index is 0.0432. The van der Waals surface area contributed by atoms with E-state index < -0.39 is 35.2 Å². The van der Waals surface area contributed by atoms with E-state index in [4.69, 9.17) is 9.47 Å². The molecular formula is C20H26O6. The van der Waals surface area contributed by atoms with Crippen LogP contribution in [-0.4, -0.2) is 58.4 Å². The first-order valence-electron chi connectivity index (χ1n) is 9.45. The van der Waals surface area contributed by atoms with Gasteiger partial charge in [0.05, 0.1) is 31.3 Å². The number of rotatable bonds is 0. The Morgan fingerprint density at radius 3 is 2.73 bits per heavy atom. The molecule has 2 saturated carbocycles. The van der Waals surface area contributed by atoms with Gasteiger partial charge in [-0.2, -0.15) is 0 Å². The summed E-state index contributed by atoms with van der Waals surface area (Å²) in [5, 5.41) is 32.4. The van der Waals surface area contributed by atoms with Gasteiger partial charge in [-0.05, 0) is 24.8 Å². The fraction of sp³-hybridized carbons (Fsp3) is 0.750. The number of allylic oxidation sites excluding steroid dienone is 1. The zero-order valence-corrected chi connectivity index (χ0v) is 15.1. The summed E-state index contributed by atoms with van der Waals surface area (Å²) in [4.78, 5) is 12.3. The lowest BCUT2D eigenvalue weighted by atomic mass is 9.39. The van der Waals surface area contributed by atoms with Gasteiger partial charge in [0, 0.05) is 22.7 Å². The Labute approximate surface area is 152 Å². The molecule has 10 atom stereocenters. The Kier molecular flexibility index (Phi) is 3.24. The van der Waals surface area contributed by atoms with Crippen molar-refractivity contribution in [2.24, 2.45) is 28.6 Å². The molecule has 0 aromatic heterocycles. The minimum atomic E-state index is -0.958. The molecule has 3 N–H and O–H groups in total. The summed E-state index contributed by atoms with van der Waals surface area (Å²) in [5.74, 6) is -0.741. The highest BCUT2D eigenvalue weighted by Crippen LogP contribution is 2.71. The summed E-state index contributed by atoms with van der Waals surface area (Å²) in [6.45, 7) is 8.43. The van der Waals surface area contributed by atoms with Crippen LogP contribution < -0.4 is 0 Å². The number of hydrogen-bond acceptors (Lipinski definition) is 6. The molecule has 142 valence electrons. The molecular weight excluding hydrogens is 336 g/mol. The number of carbonyl (C=O) groups excluding carboxylic acids is 1. The third-order valence-electron chi connectivity index (χ3n) is 8.28. The van der Waals surface area contributed by atoms with Gasteiger partial charge in [-0.25, -0.2) is 0 Å². The highest BCUT2D eigenvalue weighted by molar-refractivity contribution is 5.72. The molecule has 1 spiro atoms. The maximum Gasteiger partial charge on any atom is 0.306 e. The van der Waals surface area contributed by atoms with Crippen LogP contribution in [0.15, 0.2) is 23.8 Å². The maximum absolute atomic E-state index is 12.3. The quantitative estimate of drug-likeness (QED) is 0.430. The predicted octanol–water partition coefficient (Wildman–Crippen LogP) is 0.558. The second kappa shape index (κ2) is 4.98. The largest absolute Gasteiger partial charge is 0.462 e. The van der Waals surface area contributed by atoms with Crippen molar-refractivity contribution in [3.8, 4) is 0 Å². The number of carbonyl (C=O) groups is 1. The molecule has 2 heterocycles. The first-order valence-corrected chi connectivity index (χ1v) is 9.45. The predicted molar refractivity (Wildman–Crippen MR) is 90.8 cm³/mol. The molecule has 26 heavy (non-hydrogen) atoms. The third kappa shape index (κ3) is 1.66. The zero-order chi connectivity index (χ0) is 18.6. The SMILES string of the molecule is C=C1C(O)C2OCC34C(CC5C(C)=CC(O)C(O)C5(C)C23)OC(=O)CC14. The van der Waals surface area contributed by atoms with Crippen LogP contribution >= 0.6 is 0 Å². The van der Waals surface area contributed by atoms with Crippen molar-refractivity contribution < 1.29 is 29.6 Å². The molecule has 4 fully saturated rings. The first-order chi connectivity index (χ1) is 12.2. The molecule has 0 amide bonds. The van der Waals surface area contributed by atoms with Gasteiger partial charge in [0.1, 0.15) is 12.2 Å². The maximum atomic E-state index is 12.3. The standard InChI is InChI=1S/C20H26O6/c1-8-4-12(21)18(24)19(3)10(8)5-13-20-7-25-16(17(19)20)15(23)9(2)11(20)6-14(22)26-13/h4,10-13,15-18,21,23-24H,2,5-7H2,1,3H3. The Bertz CT molecular complexity index is 730. The average molecular weight is 362 g/mol. The van der Waals surface area contributed by atoms with E-state index in [-0.39, 0.29) is 36.2 Å². The second-order valence-corrected chi connectivity index (χ2v) is 9.12. The van der Waals surface area contributed by atoms with Crippen LogP contribution in [-0.2, 0) is 14.3 Å². The van der Waals surface area contributed by atoms with Gasteiger partial charge < -0.3 is 24.8 Å². The van der Waals surface area contributed by atoms with Crippen molar-refractivity contribution >= 4 is 5.97 Å². The van der Waals surface area contributed by atoms with Crippen molar-refractivity contribution in [3.05, 3.63) is 23.8 Å². The second-order valence-electron chi connectivity index (χ2n) is 9.12. The molecule has 0 radical (unpaired) electrons. The Hall–Kier alpha value is -1.21. The molecule has 5 rings (SSSR count). The van der Waals surface area contributed by atoms with E-state index in [0.717, 1.165) is 5.57 Å². The number of esters is 1. The minimum Gasteiger partial charge on any atom is -0.462 e. The van der Waals surface area contributed by atoms with E-state index in [0.29, 0.717) is 18.6 Å². The Morgan fingerprint density at radius 2 is 2.00 bits per heavy atom. The molecule has 3 aliphatic carbocycles. The monoisotopic (exact) mass is 362 g/mol. The number of aliphatic hydroxyl groups is 3. The fourth-order valence-electron chi connectivity index (χ4n) is 7.20. The third-order valence-corrected chi connectivity index (χ3v) is 8.28. The Balaban J connectivity index is 1.74. The van der Waals surface area contributed by atoms with E-state index >= 15 is 0 Å². The fourth-order valence-corrected chi connectivity index (χ4v) is 7.20. The zero-order valence-electron chi connectivity index (χ0n) is 15.1. The van der Waals surface area contributed by atoms with Crippen LogP contribution in [0.1, 0.15) is 26.7 Å². The van der Waals surface area contributed by atoms with Crippen molar-refractivity contribution in [1.82, 2.24) is 0 Å². The van der Waals surface area contributed by atoms with E-state index in [9.17, 15) is 20.1 Å². The van der Waals surface area contributed by atoms with E-state index in [1.165, 1.54) is 0 Å². The summed E-state index contributed by atoms with van der Waals surface area (Å²) in [6.07, 6.45) is -1.11. The van der Waals surface area contributed by atoms with Gasteiger partial charge in [-0.1, -0.05) is 25.2 Å². The molecule has 2 bridgehead atoms. The van der Waals surface area contributed by atoms with Crippen LogP contribution in [0.3, 0.4) is 0 Å². The average Bonchev–Trinajstić information content (AvgIpc) is 2.95. The smallest absolute Gasteiger partial charge is 0.306 e. The van der Waals surface area contributed by atoms with Crippen LogP contribution in [0.2, 0.25) is 0 Å². The van der Waals surface area contributed by atoms with Crippen LogP contribution in [0.5, 0.6) is 0 Å². The number of fused-ring (bicyclic) bond motifs is 1. The molecule has 6 nitrogen and oxygen atoms in total. The van der Waals surface area contributed by atoms with E-state index in [1.807, 2.05) is 13.8 Å². The van der Waals surface area contributed by atoms with Crippen LogP contribution in [0.4, 0.5) is 0 Å². The summed E-state index contributed by atoms with van der Waals surface area (Å²) in [7, 11) is 0.